The Morgan fingerprint density at radius 1 is 1.03 bits per heavy atom. The predicted octanol–water partition coefficient (Wildman–Crippen LogP) is 5.44. The maximum atomic E-state index is 9.91. The van der Waals surface area contributed by atoms with Gasteiger partial charge in [0.2, 0.25) is 0 Å². The van der Waals surface area contributed by atoms with Crippen LogP contribution in [0, 0.1) is 11.3 Å². The zero-order valence-electron chi connectivity index (χ0n) is 17.4. The molecule has 2 heterocycles. The number of para-hydroxylation sites is 2. The molecule has 2 aromatic carbocycles. The van der Waals surface area contributed by atoms with Crippen LogP contribution in [0.25, 0.3) is 16.7 Å². The maximum absolute atomic E-state index is 9.91. The van der Waals surface area contributed by atoms with E-state index in [1.54, 1.807) is 0 Å². The van der Waals surface area contributed by atoms with Crippen molar-refractivity contribution in [3.63, 3.8) is 0 Å². The summed E-state index contributed by atoms with van der Waals surface area (Å²) in [4.78, 5) is 7.16. The average molecular weight is 396 g/mol. The molecule has 5 rings (SSSR count). The summed E-state index contributed by atoms with van der Waals surface area (Å²) in [5.41, 5.74) is 8.09. The van der Waals surface area contributed by atoms with Crippen LogP contribution in [0.3, 0.4) is 0 Å². The minimum atomic E-state index is 0.723. The highest BCUT2D eigenvalue weighted by Crippen LogP contribution is 2.37. The Morgan fingerprint density at radius 3 is 2.50 bits per heavy atom. The summed E-state index contributed by atoms with van der Waals surface area (Å²) < 4.78 is 2.14. The Morgan fingerprint density at radius 2 is 1.77 bits per heavy atom. The fourth-order valence-electron chi connectivity index (χ4n) is 4.70. The molecule has 0 atom stereocenters. The van der Waals surface area contributed by atoms with Crippen molar-refractivity contribution in [3.05, 3.63) is 65.2 Å². The molecule has 0 unspecified atom stereocenters. The molecular weight excluding hydrogens is 370 g/mol. The van der Waals surface area contributed by atoms with Gasteiger partial charge in [-0.1, -0.05) is 12.1 Å². The fraction of sp³-hybridized carbons (Fsp3) is 0.280. The standard InChI is InChI=1S/C25H25N5/c1-3-29(4-2)18-14-12-17(13-15-18)27-24-20-9-7-8-19(20)21(16-26)25-28-22-10-5-6-11-23(22)30(24)25/h5-6,10-15,27H,3-4,7-9H2,1-2H3. The predicted molar refractivity (Wildman–Crippen MR) is 123 cm³/mol. The van der Waals surface area contributed by atoms with Crippen molar-refractivity contribution < 1.29 is 0 Å². The second kappa shape index (κ2) is 7.38. The Balaban J connectivity index is 1.68. The van der Waals surface area contributed by atoms with Crippen LogP contribution >= 0.6 is 0 Å². The molecule has 0 amide bonds. The molecule has 30 heavy (non-hydrogen) atoms. The minimum absolute atomic E-state index is 0.723. The number of nitriles is 1. The third-order valence-electron chi connectivity index (χ3n) is 6.18. The van der Waals surface area contributed by atoms with Crippen molar-refractivity contribution in [1.82, 2.24) is 9.38 Å². The van der Waals surface area contributed by atoms with Gasteiger partial charge in [0.25, 0.3) is 0 Å². The second-order valence-corrected chi connectivity index (χ2v) is 7.75. The van der Waals surface area contributed by atoms with Gasteiger partial charge in [-0.2, -0.15) is 5.26 Å². The van der Waals surface area contributed by atoms with E-state index in [0.29, 0.717) is 0 Å². The molecule has 5 nitrogen and oxygen atoms in total. The van der Waals surface area contributed by atoms with Gasteiger partial charge in [-0.25, -0.2) is 4.98 Å². The second-order valence-electron chi connectivity index (χ2n) is 7.75. The normalized spacial score (nSPS) is 12.8. The highest BCUT2D eigenvalue weighted by Gasteiger charge is 2.25. The van der Waals surface area contributed by atoms with E-state index in [-0.39, 0.29) is 0 Å². The van der Waals surface area contributed by atoms with E-state index in [1.165, 1.54) is 11.3 Å². The molecule has 2 aromatic heterocycles. The van der Waals surface area contributed by atoms with Crippen molar-refractivity contribution in [2.24, 2.45) is 0 Å². The highest BCUT2D eigenvalue weighted by molar-refractivity contribution is 5.87. The first kappa shape index (κ1) is 18.5. The largest absolute Gasteiger partial charge is 0.372 e. The van der Waals surface area contributed by atoms with Gasteiger partial charge in [-0.15, -0.1) is 0 Å². The van der Waals surface area contributed by atoms with Crippen LogP contribution in [-0.2, 0) is 12.8 Å². The SMILES string of the molecule is CCN(CC)c1ccc(Nc2c3c(c(C#N)c4nc5ccccc5n24)CCC3)cc1. The summed E-state index contributed by atoms with van der Waals surface area (Å²) in [6.07, 6.45) is 2.99. The lowest BCUT2D eigenvalue weighted by Crippen LogP contribution is -2.21. The smallest absolute Gasteiger partial charge is 0.157 e. The number of aromatic nitrogens is 2. The molecular formula is C25H25N5. The van der Waals surface area contributed by atoms with E-state index in [0.717, 1.165) is 71.7 Å². The van der Waals surface area contributed by atoms with Gasteiger partial charge in [0.05, 0.1) is 16.6 Å². The Bertz CT molecular complexity index is 1270. The summed E-state index contributed by atoms with van der Waals surface area (Å²) in [6, 6.07) is 19.2. The van der Waals surface area contributed by atoms with Crippen molar-refractivity contribution in [1.29, 1.82) is 5.26 Å². The van der Waals surface area contributed by atoms with Crippen molar-refractivity contribution in [2.75, 3.05) is 23.3 Å². The monoisotopic (exact) mass is 395 g/mol. The summed E-state index contributed by atoms with van der Waals surface area (Å²) in [7, 11) is 0. The Labute approximate surface area is 176 Å². The van der Waals surface area contributed by atoms with E-state index < -0.39 is 0 Å². The fourth-order valence-corrected chi connectivity index (χ4v) is 4.70. The van der Waals surface area contributed by atoms with Crippen molar-refractivity contribution in [3.8, 4) is 6.07 Å². The molecule has 1 aliphatic rings. The van der Waals surface area contributed by atoms with Crippen LogP contribution in [0.2, 0.25) is 0 Å². The number of rotatable bonds is 5. The van der Waals surface area contributed by atoms with E-state index in [9.17, 15) is 5.26 Å². The van der Waals surface area contributed by atoms with Crippen molar-refractivity contribution >= 4 is 33.9 Å². The van der Waals surface area contributed by atoms with Gasteiger partial charge in [-0.05, 0) is 80.6 Å². The molecule has 0 fully saturated rings. The topological polar surface area (TPSA) is 56.4 Å². The summed E-state index contributed by atoms with van der Waals surface area (Å²) in [6.45, 7) is 6.34. The molecule has 0 radical (unpaired) electrons. The molecule has 1 N–H and O–H groups in total. The van der Waals surface area contributed by atoms with E-state index in [4.69, 9.17) is 4.98 Å². The summed E-state index contributed by atoms with van der Waals surface area (Å²) in [5.74, 6) is 1.04. The molecule has 0 spiro atoms. The lowest BCUT2D eigenvalue weighted by molar-refractivity contribution is 0.866. The van der Waals surface area contributed by atoms with Gasteiger partial charge in [0, 0.05) is 24.5 Å². The minimum Gasteiger partial charge on any atom is -0.372 e. The molecule has 1 aliphatic carbocycles. The number of hydrogen-bond acceptors (Lipinski definition) is 4. The number of fused-ring (bicyclic) bond motifs is 4. The molecule has 5 heteroatoms. The number of imidazole rings is 1. The number of benzene rings is 2. The Hall–Kier alpha value is -3.52. The molecule has 0 aliphatic heterocycles. The number of pyridine rings is 1. The number of hydrogen-bond donors (Lipinski definition) is 1. The third-order valence-corrected chi connectivity index (χ3v) is 6.18. The molecule has 150 valence electrons. The average Bonchev–Trinajstić information content (AvgIpc) is 3.41. The number of nitrogens with one attached hydrogen (secondary N) is 1. The van der Waals surface area contributed by atoms with Crippen LogP contribution in [-0.4, -0.2) is 22.5 Å². The molecule has 0 saturated heterocycles. The van der Waals surface area contributed by atoms with E-state index >= 15 is 0 Å². The number of nitrogens with zero attached hydrogens (tertiary/aromatic N) is 4. The highest BCUT2D eigenvalue weighted by atomic mass is 15.1. The zero-order chi connectivity index (χ0) is 20.7. The number of anilines is 3. The lowest BCUT2D eigenvalue weighted by Gasteiger charge is -2.21. The van der Waals surface area contributed by atoms with Gasteiger partial charge in [-0.3, -0.25) is 4.40 Å². The van der Waals surface area contributed by atoms with Crippen LogP contribution in [0.4, 0.5) is 17.2 Å². The van der Waals surface area contributed by atoms with Gasteiger partial charge < -0.3 is 10.2 Å². The lowest BCUT2D eigenvalue weighted by atomic mass is 10.1. The first-order valence-electron chi connectivity index (χ1n) is 10.7. The van der Waals surface area contributed by atoms with Crippen LogP contribution < -0.4 is 10.2 Å². The summed E-state index contributed by atoms with van der Waals surface area (Å²) in [5, 5.41) is 13.6. The van der Waals surface area contributed by atoms with Crippen LogP contribution in [0.5, 0.6) is 0 Å². The van der Waals surface area contributed by atoms with Gasteiger partial charge in [0.15, 0.2) is 5.65 Å². The van der Waals surface area contributed by atoms with E-state index in [1.807, 2.05) is 18.2 Å². The van der Waals surface area contributed by atoms with E-state index in [2.05, 4.69) is 64.9 Å². The quantitative estimate of drug-likeness (QED) is 0.489. The van der Waals surface area contributed by atoms with Crippen LogP contribution in [0.15, 0.2) is 48.5 Å². The Kier molecular flexibility index (Phi) is 4.55. The van der Waals surface area contributed by atoms with Gasteiger partial charge in [0.1, 0.15) is 11.9 Å². The zero-order valence-corrected chi connectivity index (χ0v) is 17.4. The van der Waals surface area contributed by atoms with Crippen LogP contribution in [0.1, 0.15) is 37.0 Å². The third kappa shape index (κ3) is 2.80. The molecule has 0 bridgehead atoms. The first-order chi connectivity index (χ1) is 14.7. The molecule has 4 aromatic rings. The first-order valence-corrected chi connectivity index (χ1v) is 10.7. The maximum Gasteiger partial charge on any atom is 0.157 e. The molecule has 0 saturated carbocycles. The van der Waals surface area contributed by atoms with Gasteiger partial charge >= 0.3 is 0 Å². The summed E-state index contributed by atoms with van der Waals surface area (Å²) >= 11 is 0. The van der Waals surface area contributed by atoms with Crippen molar-refractivity contribution in [2.45, 2.75) is 33.1 Å².